The summed E-state index contributed by atoms with van der Waals surface area (Å²) in [6.07, 6.45) is 1.25. The molecule has 1 aromatic heterocycles. The molecule has 104 valence electrons. The molecule has 0 aliphatic rings. The van der Waals surface area contributed by atoms with E-state index in [1.807, 2.05) is 5.38 Å². The molecule has 5 nitrogen and oxygen atoms in total. The van der Waals surface area contributed by atoms with Crippen LogP contribution >= 0.6 is 11.3 Å². The number of thiazole rings is 1. The summed E-state index contributed by atoms with van der Waals surface area (Å²) in [5, 5.41) is 5.07. The van der Waals surface area contributed by atoms with E-state index in [1.54, 1.807) is 31.3 Å². The van der Waals surface area contributed by atoms with Crippen molar-refractivity contribution in [3.63, 3.8) is 0 Å². The van der Waals surface area contributed by atoms with Crippen molar-refractivity contribution in [1.82, 2.24) is 10.3 Å². The van der Waals surface area contributed by atoms with E-state index >= 15 is 0 Å². The third-order valence-electron chi connectivity index (χ3n) is 2.67. The number of rotatable bonds is 4. The van der Waals surface area contributed by atoms with Crippen LogP contribution in [0.1, 0.15) is 38.8 Å². The second kappa shape index (κ2) is 6.29. The third kappa shape index (κ3) is 3.21. The van der Waals surface area contributed by atoms with Gasteiger partial charge in [-0.15, -0.1) is 11.3 Å². The van der Waals surface area contributed by atoms with Gasteiger partial charge in [-0.2, -0.15) is 0 Å². The van der Waals surface area contributed by atoms with E-state index in [0.717, 1.165) is 5.01 Å². The molecule has 0 fully saturated rings. The highest BCUT2D eigenvalue weighted by Crippen LogP contribution is 2.20. The molecular formula is C14H14N2O3S. The van der Waals surface area contributed by atoms with Gasteiger partial charge in [-0.3, -0.25) is 4.79 Å². The summed E-state index contributed by atoms with van der Waals surface area (Å²) in [6, 6.07) is 6.41. The van der Waals surface area contributed by atoms with E-state index in [2.05, 4.69) is 10.3 Å². The standard InChI is InChI=1S/C14H14N2O3S/c1-9(13-16-6-7-20-13)19-14(18)11-5-3-4-10(8-11)12(17)15-2/h3-9H,1-2H3,(H,15,17)/t9-/m0/s1. The maximum absolute atomic E-state index is 12.0. The quantitative estimate of drug-likeness (QED) is 0.878. The SMILES string of the molecule is CNC(=O)c1cccc(C(=O)O[C@@H](C)c2nccs2)c1. The lowest BCUT2D eigenvalue weighted by Crippen LogP contribution is -2.18. The Morgan fingerprint density at radius 2 is 2.10 bits per heavy atom. The van der Waals surface area contributed by atoms with Gasteiger partial charge in [0.15, 0.2) is 6.10 Å². The van der Waals surface area contributed by atoms with Gasteiger partial charge in [-0.1, -0.05) is 6.07 Å². The molecule has 1 amide bonds. The Balaban J connectivity index is 2.11. The predicted molar refractivity (Wildman–Crippen MR) is 75.8 cm³/mol. The number of ether oxygens (including phenoxy) is 1. The number of amides is 1. The molecule has 1 atom stereocenters. The molecular weight excluding hydrogens is 276 g/mol. The normalized spacial score (nSPS) is 11.7. The summed E-state index contributed by atoms with van der Waals surface area (Å²) in [4.78, 5) is 27.7. The summed E-state index contributed by atoms with van der Waals surface area (Å²) in [6.45, 7) is 1.76. The highest BCUT2D eigenvalue weighted by molar-refractivity contribution is 7.09. The predicted octanol–water partition coefficient (Wildman–Crippen LogP) is 2.42. The van der Waals surface area contributed by atoms with Crippen molar-refractivity contribution < 1.29 is 14.3 Å². The van der Waals surface area contributed by atoms with Crippen LogP contribution in [-0.4, -0.2) is 23.9 Å². The van der Waals surface area contributed by atoms with Crippen molar-refractivity contribution in [2.75, 3.05) is 7.05 Å². The Hall–Kier alpha value is -2.21. The maximum atomic E-state index is 12.0. The van der Waals surface area contributed by atoms with Crippen LogP contribution in [0.25, 0.3) is 0 Å². The number of aromatic nitrogens is 1. The zero-order chi connectivity index (χ0) is 14.5. The van der Waals surface area contributed by atoms with Gasteiger partial charge in [0.1, 0.15) is 5.01 Å². The van der Waals surface area contributed by atoms with Gasteiger partial charge < -0.3 is 10.1 Å². The highest BCUT2D eigenvalue weighted by atomic mass is 32.1. The minimum Gasteiger partial charge on any atom is -0.452 e. The van der Waals surface area contributed by atoms with E-state index in [9.17, 15) is 9.59 Å². The van der Waals surface area contributed by atoms with Gasteiger partial charge >= 0.3 is 5.97 Å². The van der Waals surface area contributed by atoms with E-state index in [1.165, 1.54) is 24.5 Å². The van der Waals surface area contributed by atoms with Crippen LogP contribution in [-0.2, 0) is 4.74 Å². The molecule has 20 heavy (non-hydrogen) atoms. The number of benzene rings is 1. The smallest absolute Gasteiger partial charge is 0.338 e. The lowest BCUT2D eigenvalue weighted by atomic mass is 10.1. The van der Waals surface area contributed by atoms with E-state index in [4.69, 9.17) is 4.74 Å². The first-order chi connectivity index (χ1) is 9.61. The van der Waals surface area contributed by atoms with Gasteiger partial charge in [0, 0.05) is 24.2 Å². The molecule has 2 aromatic rings. The first-order valence-corrected chi connectivity index (χ1v) is 6.92. The summed E-state index contributed by atoms with van der Waals surface area (Å²) >= 11 is 1.43. The minimum absolute atomic E-state index is 0.243. The molecule has 6 heteroatoms. The van der Waals surface area contributed by atoms with Crippen LogP contribution in [0.4, 0.5) is 0 Å². The fourth-order valence-corrected chi connectivity index (χ4v) is 2.27. The first-order valence-electron chi connectivity index (χ1n) is 6.04. The van der Waals surface area contributed by atoms with Gasteiger partial charge in [0.2, 0.25) is 0 Å². The second-order valence-electron chi connectivity index (χ2n) is 4.08. The third-order valence-corrected chi connectivity index (χ3v) is 3.61. The van der Waals surface area contributed by atoms with E-state index in [-0.39, 0.29) is 5.91 Å². The van der Waals surface area contributed by atoms with Crippen LogP contribution in [0.3, 0.4) is 0 Å². The molecule has 2 rings (SSSR count). The van der Waals surface area contributed by atoms with Gasteiger partial charge in [-0.25, -0.2) is 9.78 Å². The Bertz CT molecular complexity index is 611. The lowest BCUT2D eigenvalue weighted by Gasteiger charge is -2.11. The molecule has 1 N–H and O–H groups in total. The Kier molecular flexibility index (Phi) is 4.47. The molecule has 1 aromatic carbocycles. The summed E-state index contributed by atoms with van der Waals surface area (Å²) in [5.74, 6) is -0.717. The number of carbonyl (C=O) groups is 2. The molecule has 0 bridgehead atoms. The number of esters is 1. The van der Waals surface area contributed by atoms with Crippen molar-refractivity contribution in [2.24, 2.45) is 0 Å². The average molecular weight is 290 g/mol. The molecule has 0 saturated heterocycles. The van der Waals surface area contributed by atoms with Gasteiger partial charge in [0.05, 0.1) is 5.56 Å². The maximum Gasteiger partial charge on any atom is 0.338 e. The second-order valence-corrected chi connectivity index (χ2v) is 5.00. The zero-order valence-corrected chi connectivity index (χ0v) is 11.9. The monoisotopic (exact) mass is 290 g/mol. The molecule has 0 spiro atoms. The van der Waals surface area contributed by atoms with E-state index in [0.29, 0.717) is 11.1 Å². The Morgan fingerprint density at radius 3 is 2.75 bits per heavy atom. The summed E-state index contributed by atoms with van der Waals surface area (Å²) < 4.78 is 5.33. The van der Waals surface area contributed by atoms with Crippen molar-refractivity contribution in [2.45, 2.75) is 13.0 Å². The fraction of sp³-hybridized carbons (Fsp3) is 0.214. The minimum atomic E-state index is -0.474. The van der Waals surface area contributed by atoms with Crippen molar-refractivity contribution in [3.8, 4) is 0 Å². The van der Waals surface area contributed by atoms with Crippen LogP contribution in [0.2, 0.25) is 0 Å². The van der Waals surface area contributed by atoms with Crippen molar-refractivity contribution in [1.29, 1.82) is 0 Å². The summed E-state index contributed by atoms with van der Waals surface area (Å²) in [5.41, 5.74) is 0.762. The van der Waals surface area contributed by atoms with Crippen molar-refractivity contribution >= 4 is 23.2 Å². The number of hydrogen-bond donors (Lipinski definition) is 1. The Labute approximate surface area is 120 Å². The number of carbonyl (C=O) groups excluding carboxylic acids is 2. The molecule has 0 radical (unpaired) electrons. The van der Waals surface area contributed by atoms with Crippen LogP contribution < -0.4 is 5.32 Å². The van der Waals surface area contributed by atoms with Gasteiger partial charge in [-0.05, 0) is 25.1 Å². The van der Waals surface area contributed by atoms with Crippen LogP contribution in [0.15, 0.2) is 35.8 Å². The first kappa shape index (κ1) is 14.2. The zero-order valence-electron chi connectivity index (χ0n) is 11.1. The molecule has 0 saturated carbocycles. The van der Waals surface area contributed by atoms with Crippen LogP contribution in [0, 0.1) is 0 Å². The van der Waals surface area contributed by atoms with Crippen molar-refractivity contribution in [3.05, 3.63) is 52.0 Å². The molecule has 1 heterocycles. The highest BCUT2D eigenvalue weighted by Gasteiger charge is 2.16. The number of nitrogens with zero attached hydrogens (tertiary/aromatic N) is 1. The summed E-state index contributed by atoms with van der Waals surface area (Å²) in [7, 11) is 1.54. The average Bonchev–Trinajstić information content (AvgIpc) is 3.00. The topological polar surface area (TPSA) is 68.3 Å². The Morgan fingerprint density at radius 1 is 1.35 bits per heavy atom. The lowest BCUT2D eigenvalue weighted by molar-refractivity contribution is 0.0337. The van der Waals surface area contributed by atoms with Crippen LogP contribution in [0.5, 0.6) is 0 Å². The van der Waals surface area contributed by atoms with E-state index < -0.39 is 12.1 Å². The number of nitrogens with one attached hydrogen (secondary N) is 1. The molecule has 0 unspecified atom stereocenters. The largest absolute Gasteiger partial charge is 0.452 e. The molecule has 0 aliphatic carbocycles. The van der Waals surface area contributed by atoms with Gasteiger partial charge in [0.25, 0.3) is 5.91 Å². The fourth-order valence-electron chi connectivity index (χ4n) is 1.65. The molecule has 0 aliphatic heterocycles. The number of hydrogen-bond acceptors (Lipinski definition) is 5.